The van der Waals surface area contributed by atoms with Gasteiger partial charge in [-0.2, -0.15) is 0 Å². The summed E-state index contributed by atoms with van der Waals surface area (Å²) in [5.74, 6) is -0.884. The van der Waals surface area contributed by atoms with Crippen LogP contribution in [0.4, 0.5) is 0 Å². The van der Waals surface area contributed by atoms with Crippen molar-refractivity contribution in [3.63, 3.8) is 0 Å². The quantitative estimate of drug-likeness (QED) is 0.409. The molecule has 0 atom stereocenters. The van der Waals surface area contributed by atoms with Crippen LogP contribution >= 0.6 is 11.8 Å². The predicted octanol–water partition coefficient (Wildman–Crippen LogP) is 3.87. The zero-order valence-corrected chi connectivity index (χ0v) is 18.1. The van der Waals surface area contributed by atoms with Gasteiger partial charge in [-0.3, -0.25) is 19.5 Å². The third-order valence-corrected chi connectivity index (χ3v) is 4.75. The zero-order valence-electron chi connectivity index (χ0n) is 17.3. The van der Waals surface area contributed by atoms with Crippen molar-refractivity contribution in [3.05, 3.63) is 18.2 Å². The van der Waals surface area contributed by atoms with Crippen LogP contribution < -0.4 is 9.47 Å². The number of ether oxygens (including phenoxy) is 2. The molecule has 1 N–H and O–H groups in total. The number of nitrogens with zero attached hydrogens (tertiary/aromatic N) is 2. The SMILES string of the molecule is CC(C)C(=O)Oc1ccc(-c2nc(SC(=O)C(C)C)n[nH]2)c(OC(=O)C(C)C)c1. The van der Waals surface area contributed by atoms with Gasteiger partial charge < -0.3 is 9.47 Å². The van der Waals surface area contributed by atoms with E-state index in [1.807, 2.05) is 0 Å². The highest BCUT2D eigenvalue weighted by Gasteiger charge is 2.20. The highest BCUT2D eigenvalue weighted by Crippen LogP contribution is 2.33. The monoisotopic (exact) mass is 419 g/mol. The number of aromatic amines is 1. The first-order valence-electron chi connectivity index (χ1n) is 9.30. The van der Waals surface area contributed by atoms with Crippen LogP contribution in [0.5, 0.6) is 11.5 Å². The molecule has 0 spiro atoms. The Morgan fingerprint density at radius 1 is 0.931 bits per heavy atom. The molecule has 0 saturated carbocycles. The Balaban J connectivity index is 2.37. The molecule has 0 unspecified atom stereocenters. The van der Waals surface area contributed by atoms with Crippen LogP contribution in [0.3, 0.4) is 0 Å². The molecule has 9 heteroatoms. The Morgan fingerprint density at radius 2 is 1.55 bits per heavy atom. The minimum atomic E-state index is -0.442. The molecule has 0 amide bonds. The maximum absolute atomic E-state index is 12.1. The Bertz CT molecular complexity index is 905. The fourth-order valence-corrected chi connectivity index (χ4v) is 2.57. The molecular formula is C20H25N3O5S. The van der Waals surface area contributed by atoms with E-state index in [-0.39, 0.29) is 39.5 Å². The lowest BCUT2D eigenvalue weighted by molar-refractivity contribution is -0.138. The largest absolute Gasteiger partial charge is 0.426 e. The van der Waals surface area contributed by atoms with Gasteiger partial charge in [0.1, 0.15) is 11.5 Å². The Hall–Kier alpha value is -2.68. The Morgan fingerprint density at radius 3 is 2.14 bits per heavy atom. The fraction of sp³-hybridized carbons (Fsp3) is 0.450. The van der Waals surface area contributed by atoms with Crippen molar-refractivity contribution < 1.29 is 23.9 Å². The van der Waals surface area contributed by atoms with Gasteiger partial charge in [-0.15, -0.1) is 5.10 Å². The molecule has 2 rings (SSSR count). The molecule has 0 radical (unpaired) electrons. The first kappa shape index (κ1) is 22.6. The van der Waals surface area contributed by atoms with E-state index >= 15 is 0 Å². The van der Waals surface area contributed by atoms with Crippen LogP contribution in [0, 0.1) is 17.8 Å². The smallest absolute Gasteiger partial charge is 0.313 e. The lowest BCUT2D eigenvalue weighted by atomic mass is 10.1. The number of aromatic nitrogens is 3. The summed E-state index contributed by atoms with van der Waals surface area (Å²) in [5, 5.41) is 7.01. The second kappa shape index (κ2) is 9.69. The number of rotatable bonds is 7. The van der Waals surface area contributed by atoms with Crippen LogP contribution in [0.1, 0.15) is 41.5 Å². The number of hydrogen-bond acceptors (Lipinski definition) is 8. The lowest BCUT2D eigenvalue weighted by Gasteiger charge is -2.13. The van der Waals surface area contributed by atoms with E-state index in [4.69, 9.17) is 9.47 Å². The van der Waals surface area contributed by atoms with Crippen molar-refractivity contribution in [3.8, 4) is 22.9 Å². The summed E-state index contributed by atoms with van der Waals surface area (Å²) in [7, 11) is 0. The van der Waals surface area contributed by atoms with Crippen molar-refractivity contribution in [1.82, 2.24) is 15.2 Å². The van der Waals surface area contributed by atoms with E-state index in [1.165, 1.54) is 6.07 Å². The van der Waals surface area contributed by atoms with Crippen LogP contribution in [0.2, 0.25) is 0 Å². The van der Waals surface area contributed by atoms with E-state index in [0.717, 1.165) is 11.8 Å². The topological polar surface area (TPSA) is 111 Å². The third kappa shape index (κ3) is 6.15. The van der Waals surface area contributed by atoms with E-state index in [1.54, 1.807) is 53.7 Å². The minimum Gasteiger partial charge on any atom is -0.426 e. The number of hydrogen-bond donors (Lipinski definition) is 1. The molecule has 0 aliphatic carbocycles. The van der Waals surface area contributed by atoms with Crippen molar-refractivity contribution in [1.29, 1.82) is 0 Å². The summed E-state index contributed by atoms with van der Waals surface area (Å²) in [4.78, 5) is 40.2. The van der Waals surface area contributed by atoms with E-state index < -0.39 is 11.9 Å². The third-order valence-electron chi connectivity index (χ3n) is 3.71. The molecular weight excluding hydrogens is 394 g/mol. The van der Waals surface area contributed by atoms with Gasteiger partial charge in [0.05, 0.1) is 17.4 Å². The van der Waals surface area contributed by atoms with Crippen LogP contribution in [-0.2, 0) is 14.4 Å². The number of carbonyl (C=O) groups is 3. The highest BCUT2D eigenvalue weighted by atomic mass is 32.2. The van der Waals surface area contributed by atoms with Gasteiger partial charge in [-0.1, -0.05) is 41.5 Å². The lowest BCUT2D eigenvalue weighted by Crippen LogP contribution is -2.16. The van der Waals surface area contributed by atoms with Gasteiger partial charge in [-0.05, 0) is 23.9 Å². The van der Waals surface area contributed by atoms with Crippen LogP contribution in [0.25, 0.3) is 11.4 Å². The molecule has 1 aromatic heterocycles. The maximum Gasteiger partial charge on any atom is 0.313 e. The van der Waals surface area contributed by atoms with E-state index in [0.29, 0.717) is 11.4 Å². The van der Waals surface area contributed by atoms with Gasteiger partial charge in [0, 0.05) is 12.0 Å². The average Bonchev–Trinajstić information content (AvgIpc) is 3.09. The molecule has 0 saturated heterocycles. The summed E-state index contributed by atoms with van der Waals surface area (Å²) >= 11 is 0.937. The number of benzene rings is 1. The van der Waals surface area contributed by atoms with Gasteiger partial charge in [-0.25, -0.2) is 4.98 Å². The normalized spacial score (nSPS) is 11.2. The van der Waals surface area contributed by atoms with Crippen LogP contribution in [0.15, 0.2) is 23.4 Å². The maximum atomic E-state index is 12.1. The molecule has 8 nitrogen and oxygen atoms in total. The summed E-state index contributed by atoms with van der Waals surface area (Å²) in [6, 6.07) is 4.66. The first-order chi connectivity index (χ1) is 13.6. The Labute approximate surface area is 173 Å². The van der Waals surface area contributed by atoms with Gasteiger partial charge >= 0.3 is 11.9 Å². The second-order valence-electron chi connectivity index (χ2n) is 7.35. The predicted molar refractivity (Wildman–Crippen MR) is 108 cm³/mol. The molecule has 1 aromatic carbocycles. The molecule has 2 aromatic rings. The molecule has 0 aliphatic rings. The van der Waals surface area contributed by atoms with Crippen LogP contribution in [-0.4, -0.2) is 32.2 Å². The summed E-state index contributed by atoms with van der Waals surface area (Å²) < 4.78 is 10.8. The molecule has 1 heterocycles. The molecule has 156 valence electrons. The summed E-state index contributed by atoms with van der Waals surface area (Å²) in [5.41, 5.74) is 0.458. The van der Waals surface area contributed by atoms with Crippen molar-refractivity contribution in [2.75, 3.05) is 0 Å². The average molecular weight is 420 g/mol. The summed E-state index contributed by atoms with van der Waals surface area (Å²) in [6.07, 6.45) is 0. The van der Waals surface area contributed by atoms with Gasteiger partial charge in [0.2, 0.25) is 5.16 Å². The van der Waals surface area contributed by atoms with Crippen molar-refractivity contribution >= 4 is 28.8 Å². The fourth-order valence-electron chi connectivity index (χ4n) is 1.93. The number of H-pyrrole nitrogens is 1. The summed E-state index contributed by atoms with van der Waals surface area (Å²) in [6.45, 7) is 10.5. The Kier molecular flexibility index (Phi) is 7.55. The number of carbonyl (C=O) groups excluding carboxylic acids is 3. The van der Waals surface area contributed by atoms with Gasteiger partial charge in [0.25, 0.3) is 0 Å². The molecule has 0 aliphatic heterocycles. The standard InChI is InChI=1S/C20H25N3O5S/c1-10(2)17(24)27-13-7-8-14(15(9-13)28-18(25)11(3)4)16-21-20(23-22-16)29-19(26)12(5)6/h7-12H,1-6H3,(H,21,22,23). The second-order valence-corrected chi connectivity index (χ2v) is 8.32. The number of esters is 2. The highest BCUT2D eigenvalue weighted by molar-refractivity contribution is 8.13. The van der Waals surface area contributed by atoms with Gasteiger partial charge in [0.15, 0.2) is 10.9 Å². The molecule has 0 fully saturated rings. The number of nitrogens with one attached hydrogen (secondary N) is 1. The van der Waals surface area contributed by atoms with Crippen molar-refractivity contribution in [2.45, 2.75) is 46.7 Å². The molecule has 29 heavy (non-hydrogen) atoms. The van der Waals surface area contributed by atoms with E-state index in [2.05, 4.69) is 15.2 Å². The first-order valence-corrected chi connectivity index (χ1v) is 10.1. The number of thioether (sulfide) groups is 1. The zero-order chi connectivity index (χ0) is 21.7. The minimum absolute atomic E-state index is 0.0574. The molecule has 0 bridgehead atoms. The van der Waals surface area contributed by atoms with E-state index in [9.17, 15) is 14.4 Å². The van der Waals surface area contributed by atoms with Crippen molar-refractivity contribution in [2.24, 2.45) is 17.8 Å².